The lowest BCUT2D eigenvalue weighted by molar-refractivity contribution is -0.137. The molecule has 1 N–H and O–H groups in total. The zero-order valence-electron chi connectivity index (χ0n) is 16.9. The molecule has 0 unspecified atom stereocenters. The number of nitrogens with zero attached hydrogens (tertiary/aromatic N) is 6. The number of carbonyl (C=O) groups excluding carboxylic acids is 1. The van der Waals surface area contributed by atoms with Crippen LogP contribution in [0.3, 0.4) is 0 Å². The van der Waals surface area contributed by atoms with E-state index in [1.165, 1.54) is 23.3 Å². The third-order valence-corrected chi connectivity index (χ3v) is 4.90. The predicted molar refractivity (Wildman–Crippen MR) is 108 cm³/mol. The van der Waals surface area contributed by atoms with Gasteiger partial charge in [0.1, 0.15) is 12.7 Å². The van der Waals surface area contributed by atoms with Crippen LogP contribution >= 0.6 is 0 Å². The highest BCUT2D eigenvalue weighted by atomic mass is 19.4. The molecule has 0 bridgehead atoms. The van der Waals surface area contributed by atoms with Gasteiger partial charge in [0.15, 0.2) is 5.82 Å². The Morgan fingerprint density at radius 1 is 1.06 bits per heavy atom. The van der Waals surface area contributed by atoms with Gasteiger partial charge in [-0.05, 0) is 30.2 Å². The number of alkyl halides is 3. The van der Waals surface area contributed by atoms with Crippen LogP contribution in [-0.4, -0.2) is 35.4 Å². The first-order chi connectivity index (χ1) is 15.3. The van der Waals surface area contributed by atoms with Crippen LogP contribution in [0.25, 0.3) is 5.82 Å². The summed E-state index contributed by atoms with van der Waals surface area (Å²) in [5.41, 5.74) is 1.82. The Labute approximate surface area is 180 Å². The van der Waals surface area contributed by atoms with Gasteiger partial charge in [-0.2, -0.15) is 23.4 Å². The molecule has 0 aliphatic heterocycles. The van der Waals surface area contributed by atoms with Gasteiger partial charge in [0, 0.05) is 12.7 Å². The number of aromatic nitrogens is 6. The Bertz CT molecular complexity index is 1220. The molecule has 1 amide bonds. The van der Waals surface area contributed by atoms with Crippen molar-refractivity contribution in [3.8, 4) is 5.82 Å². The van der Waals surface area contributed by atoms with E-state index < -0.39 is 11.7 Å². The number of hydrogen-bond donors (Lipinski definition) is 1. The van der Waals surface area contributed by atoms with Crippen molar-refractivity contribution in [2.75, 3.05) is 0 Å². The van der Waals surface area contributed by atoms with Crippen LogP contribution in [0, 0.1) is 6.92 Å². The summed E-state index contributed by atoms with van der Waals surface area (Å²) in [4.78, 5) is 20.5. The summed E-state index contributed by atoms with van der Waals surface area (Å²) in [6.07, 6.45) is 0.701. The smallest absolute Gasteiger partial charge is 0.348 e. The minimum Gasteiger partial charge on any atom is -0.348 e. The fourth-order valence-electron chi connectivity index (χ4n) is 3.19. The van der Waals surface area contributed by atoms with Crippen LogP contribution in [0.4, 0.5) is 13.2 Å². The van der Waals surface area contributed by atoms with Crippen LogP contribution < -0.4 is 5.32 Å². The quantitative estimate of drug-likeness (QED) is 0.496. The molecule has 0 saturated heterocycles. The van der Waals surface area contributed by atoms with Gasteiger partial charge in [0.2, 0.25) is 0 Å². The average Bonchev–Trinajstić information content (AvgIpc) is 3.42. The molecule has 32 heavy (non-hydrogen) atoms. The molecule has 0 atom stereocenters. The van der Waals surface area contributed by atoms with Crippen molar-refractivity contribution in [1.82, 2.24) is 34.8 Å². The molecule has 4 rings (SSSR count). The molecule has 3 aromatic heterocycles. The highest BCUT2D eigenvalue weighted by molar-refractivity contribution is 5.95. The van der Waals surface area contributed by atoms with Gasteiger partial charge in [-0.1, -0.05) is 24.3 Å². The predicted octanol–water partition coefficient (Wildman–Crippen LogP) is 3.16. The number of halogens is 3. The number of benzene rings is 1. The Morgan fingerprint density at radius 2 is 1.84 bits per heavy atom. The lowest BCUT2D eigenvalue weighted by Gasteiger charge is -2.11. The monoisotopic (exact) mass is 441 g/mol. The maximum absolute atomic E-state index is 12.7. The van der Waals surface area contributed by atoms with Crippen LogP contribution in [-0.2, 0) is 19.3 Å². The molecule has 8 nitrogen and oxygen atoms in total. The lowest BCUT2D eigenvalue weighted by atomic mass is 10.1. The van der Waals surface area contributed by atoms with Crippen molar-refractivity contribution in [1.29, 1.82) is 0 Å². The minimum atomic E-state index is -4.47. The fourth-order valence-corrected chi connectivity index (χ4v) is 3.19. The van der Waals surface area contributed by atoms with Crippen LogP contribution in [0.15, 0.2) is 61.4 Å². The van der Waals surface area contributed by atoms with E-state index in [4.69, 9.17) is 0 Å². The number of amides is 1. The third-order valence-electron chi connectivity index (χ3n) is 4.90. The summed E-state index contributed by atoms with van der Waals surface area (Å²) in [5.74, 6) is -0.163. The van der Waals surface area contributed by atoms with E-state index in [9.17, 15) is 18.0 Å². The second-order valence-corrected chi connectivity index (χ2v) is 7.00. The summed E-state index contributed by atoms with van der Waals surface area (Å²) in [5, 5.41) is 11.1. The molecule has 0 aliphatic carbocycles. The topological polar surface area (TPSA) is 90.5 Å². The summed E-state index contributed by atoms with van der Waals surface area (Å²) in [6, 6.07) is 9.78. The molecular formula is C21H18F3N7O. The van der Waals surface area contributed by atoms with Crippen molar-refractivity contribution in [2.45, 2.75) is 26.2 Å². The van der Waals surface area contributed by atoms with E-state index in [0.717, 1.165) is 23.4 Å². The fraction of sp³-hybridized carbons (Fsp3) is 0.190. The SMILES string of the molecule is Cc1c(C(=O)NCc2ccccc2Cn2cncn2)cnn1-c1ccc(C(F)(F)F)cn1. The lowest BCUT2D eigenvalue weighted by Crippen LogP contribution is -2.24. The molecule has 11 heteroatoms. The van der Waals surface area contributed by atoms with Gasteiger partial charge in [-0.3, -0.25) is 4.79 Å². The third kappa shape index (κ3) is 4.51. The van der Waals surface area contributed by atoms with Gasteiger partial charge in [-0.25, -0.2) is 19.3 Å². The molecule has 0 radical (unpaired) electrons. The number of pyridine rings is 1. The van der Waals surface area contributed by atoms with Gasteiger partial charge in [0.05, 0.1) is 29.6 Å². The van der Waals surface area contributed by atoms with E-state index in [0.29, 0.717) is 17.8 Å². The van der Waals surface area contributed by atoms with Crippen molar-refractivity contribution in [3.63, 3.8) is 0 Å². The Morgan fingerprint density at radius 3 is 2.50 bits per heavy atom. The first-order valence-electron chi connectivity index (χ1n) is 9.58. The second kappa shape index (κ2) is 8.61. The van der Waals surface area contributed by atoms with Crippen molar-refractivity contribution in [3.05, 3.63) is 89.4 Å². The molecule has 3 heterocycles. The van der Waals surface area contributed by atoms with Crippen molar-refractivity contribution >= 4 is 5.91 Å². The zero-order valence-corrected chi connectivity index (χ0v) is 16.9. The molecule has 4 aromatic rings. The zero-order chi connectivity index (χ0) is 22.7. The summed E-state index contributed by atoms with van der Waals surface area (Å²) in [6.45, 7) is 2.45. The van der Waals surface area contributed by atoms with Gasteiger partial charge in [-0.15, -0.1) is 0 Å². The van der Waals surface area contributed by atoms with Gasteiger partial charge >= 0.3 is 6.18 Å². The van der Waals surface area contributed by atoms with Crippen LogP contribution in [0.5, 0.6) is 0 Å². The molecular weight excluding hydrogens is 423 g/mol. The van der Waals surface area contributed by atoms with E-state index in [2.05, 4.69) is 25.5 Å². The number of rotatable bonds is 6. The number of hydrogen-bond acceptors (Lipinski definition) is 5. The number of carbonyl (C=O) groups is 1. The largest absolute Gasteiger partial charge is 0.417 e. The summed E-state index contributed by atoms with van der Waals surface area (Å²) >= 11 is 0. The second-order valence-electron chi connectivity index (χ2n) is 7.00. The average molecular weight is 441 g/mol. The Balaban J connectivity index is 1.47. The van der Waals surface area contributed by atoms with E-state index in [1.807, 2.05) is 24.3 Å². The minimum absolute atomic E-state index is 0.188. The van der Waals surface area contributed by atoms with E-state index >= 15 is 0 Å². The van der Waals surface area contributed by atoms with Crippen molar-refractivity contribution in [2.24, 2.45) is 0 Å². The van der Waals surface area contributed by atoms with Crippen LogP contribution in [0.2, 0.25) is 0 Å². The maximum atomic E-state index is 12.7. The van der Waals surface area contributed by atoms with E-state index in [1.54, 1.807) is 17.9 Å². The standard InChI is InChI=1S/C21H18F3N7O/c1-14-18(10-28-31(14)19-7-6-17(9-26-19)21(22,23)24)20(32)27-8-15-4-2-3-5-16(15)11-30-13-25-12-29-30/h2-7,9-10,12-13H,8,11H2,1H3,(H,27,32). The first kappa shape index (κ1) is 21.2. The molecule has 0 saturated carbocycles. The highest BCUT2D eigenvalue weighted by Crippen LogP contribution is 2.28. The first-order valence-corrected chi connectivity index (χ1v) is 9.58. The van der Waals surface area contributed by atoms with Crippen LogP contribution in [0.1, 0.15) is 32.7 Å². The molecule has 0 aliphatic rings. The summed E-state index contributed by atoms with van der Waals surface area (Å²) < 4.78 is 41.3. The number of nitrogens with one attached hydrogen (secondary N) is 1. The maximum Gasteiger partial charge on any atom is 0.417 e. The van der Waals surface area contributed by atoms with Gasteiger partial charge < -0.3 is 5.32 Å². The molecule has 1 aromatic carbocycles. The highest BCUT2D eigenvalue weighted by Gasteiger charge is 2.30. The molecule has 164 valence electrons. The normalized spacial score (nSPS) is 11.5. The van der Waals surface area contributed by atoms with E-state index in [-0.39, 0.29) is 18.3 Å². The van der Waals surface area contributed by atoms with Crippen molar-refractivity contribution < 1.29 is 18.0 Å². The molecule has 0 fully saturated rings. The Hall–Kier alpha value is -4.02. The Kier molecular flexibility index (Phi) is 5.71. The molecule has 0 spiro atoms. The summed E-state index contributed by atoms with van der Waals surface area (Å²) in [7, 11) is 0. The van der Waals surface area contributed by atoms with Gasteiger partial charge in [0.25, 0.3) is 5.91 Å².